The van der Waals surface area contributed by atoms with Gasteiger partial charge in [0, 0.05) is 29.7 Å². The van der Waals surface area contributed by atoms with Gasteiger partial charge in [-0.2, -0.15) is 0 Å². The summed E-state index contributed by atoms with van der Waals surface area (Å²) < 4.78 is 16.7. The third-order valence-electron chi connectivity index (χ3n) is 1.76. The Morgan fingerprint density at radius 2 is 2.15 bits per heavy atom. The summed E-state index contributed by atoms with van der Waals surface area (Å²) in [7, 11) is -0.756. The summed E-state index contributed by atoms with van der Waals surface area (Å²) in [5, 5.41) is 0. The van der Waals surface area contributed by atoms with Crippen molar-refractivity contribution in [2.24, 2.45) is 5.73 Å². The van der Waals surface area contributed by atoms with E-state index in [2.05, 4.69) is 6.92 Å². The molecule has 2 atom stereocenters. The zero-order valence-electron chi connectivity index (χ0n) is 8.62. The molecule has 3 nitrogen and oxygen atoms in total. The van der Waals surface area contributed by atoms with E-state index in [0.29, 0.717) is 18.9 Å². The predicted octanol–water partition coefficient (Wildman–Crippen LogP) is 0.899. The summed E-state index contributed by atoms with van der Waals surface area (Å²) in [6.07, 6.45) is 2.09. The van der Waals surface area contributed by atoms with Crippen LogP contribution in [0.2, 0.25) is 0 Å². The molecule has 0 aromatic carbocycles. The molecule has 0 fully saturated rings. The zero-order valence-corrected chi connectivity index (χ0v) is 9.44. The summed E-state index contributed by atoms with van der Waals surface area (Å²) in [5.41, 5.74) is 5.48. The van der Waals surface area contributed by atoms with E-state index in [1.807, 2.05) is 6.92 Å². The van der Waals surface area contributed by atoms with Crippen LogP contribution in [-0.4, -0.2) is 35.0 Å². The highest BCUT2D eigenvalue weighted by Gasteiger charge is 2.10. The van der Waals surface area contributed by atoms with Crippen molar-refractivity contribution in [1.82, 2.24) is 0 Å². The molecule has 0 aromatic rings. The Bertz CT molecular complexity index is 142. The Labute approximate surface area is 83.5 Å². The van der Waals surface area contributed by atoms with Crippen LogP contribution in [0.25, 0.3) is 0 Å². The van der Waals surface area contributed by atoms with Gasteiger partial charge in [0.25, 0.3) is 0 Å². The summed E-state index contributed by atoms with van der Waals surface area (Å²) >= 11 is 0. The Kier molecular flexibility index (Phi) is 8.71. The lowest BCUT2D eigenvalue weighted by molar-refractivity contribution is 0.0852. The molecule has 0 aromatic heterocycles. The van der Waals surface area contributed by atoms with Crippen LogP contribution in [0.1, 0.15) is 26.7 Å². The molecule has 2 N–H and O–H groups in total. The molecule has 0 aliphatic rings. The summed E-state index contributed by atoms with van der Waals surface area (Å²) in [6.45, 7) is 5.14. The van der Waals surface area contributed by atoms with Crippen LogP contribution in [0.15, 0.2) is 0 Å². The Morgan fingerprint density at radius 3 is 2.62 bits per heavy atom. The lowest BCUT2D eigenvalue weighted by Crippen LogP contribution is -2.30. The second kappa shape index (κ2) is 8.66. The maximum absolute atomic E-state index is 11.4. The minimum absolute atomic E-state index is 0.0253. The lowest BCUT2D eigenvalue weighted by atomic mass is 10.4. The number of unbranched alkanes of at least 4 members (excludes halogenated alkanes) is 1. The Balaban J connectivity index is 3.60. The summed E-state index contributed by atoms with van der Waals surface area (Å²) in [5.74, 6) is 1.37. The quantitative estimate of drug-likeness (QED) is 0.643. The predicted molar refractivity (Wildman–Crippen MR) is 57.3 cm³/mol. The van der Waals surface area contributed by atoms with Crippen LogP contribution in [-0.2, 0) is 15.5 Å². The number of rotatable bonds is 8. The highest BCUT2D eigenvalue weighted by molar-refractivity contribution is 7.85. The average molecular weight is 207 g/mol. The van der Waals surface area contributed by atoms with Crippen molar-refractivity contribution < 1.29 is 8.95 Å². The van der Waals surface area contributed by atoms with E-state index in [-0.39, 0.29) is 6.10 Å². The van der Waals surface area contributed by atoms with E-state index in [4.69, 9.17) is 10.5 Å². The van der Waals surface area contributed by atoms with Gasteiger partial charge in [-0.05, 0) is 13.3 Å². The first-order valence-corrected chi connectivity index (χ1v) is 6.40. The van der Waals surface area contributed by atoms with Gasteiger partial charge < -0.3 is 10.5 Å². The van der Waals surface area contributed by atoms with E-state index in [0.717, 1.165) is 18.6 Å². The molecule has 0 aliphatic heterocycles. The molecule has 0 bridgehead atoms. The summed E-state index contributed by atoms with van der Waals surface area (Å²) in [4.78, 5) is 0. The van der Waals surface area contributed by atoms with Crippen LogP contribution in [0.4, 0.5) is 0 Å². The van der Waals surface area contributed by atoms with Crippen LogP contribution in [0.3, 0.4) is 0 Å². The topological polar surface area (TPSA) is 52.3 Å². The molecule has 0 amide bonds. The highest BCUT2D eigenvalue weighted by Crippen LogP contribution is 1.97. The maximum atomic E-state index is 11.4. The van der Waals surface area contributed by atoms with E-state index in [1.54, 1.807) is 0 Å². The van der Waals surface area contributed by atoms with Gasteiger partial charge in [-0.3, -0.25) is 4.21 Å². The standard InChI is InChI=1S/C9H21NO2S/c1-3-5-6-13(11)8-9(7-10)12-4-2/h9H,3-8,10H2,1-2H3. The normalized spacial score (nSPS) is 15.6. The third-order valence-corrected chi connectivity index (χ3v) is 3.25. The van der Waals surface area contributed by atoms with Crippen molar-refractivity contribution in [2.75, 3.05) is 24.7 Å². The van der Waals surface area contributed by atoms with Gasteiger partial charge in [0.1, 0.15) is 0 Å². The number of ether oxygens (including phenoxy) is 1. The number of hydrogen-bond acceptors (Lipinski definition) is 3. The molecule has 2 unspecified atom stereocenters. The van der Waals surface area contributed by atoms with Crippen molar-refractivity contribution >= 4 is 10.8 Å². The van der Waals surface area contributed by atoms with Crippen molar-refractivity contribution in [1.29, 1.82) is 0 Å². The van der Waals surface area contributed by atoms with Gasteiger partial charge in [0.15, 0.2) is 0 Å². The van der Waals surface area contributed by atoms with Crippen molar-refractivity contribution in [3.8, 4) is 0 Å². The molecule has 80 valence electrons. The van der Waals surface area contributed by atoms with Crippen LogP contribution in [0, 0.1) is 0 Å². The summed E-state index contributed by atoms with van der Waals surface area (Å²) in [6, 6.07) is 0. The minimum atomic E-state index is -0.756. The monoisotopic (exact) mass is 207 g/mol. The van der Waals surface area contributed by atoms with Gasteiger partial charge in [-0.15, -0.1) is 0 Å². The number of hydrogen-bond donors (Lipinski definition) is 1. The SMILES string of the molecule is CCCCS(=O)CC(CN)OCC. The molecule has 0 spiro atoms. The first kappa shape index (κ1) is 13.1. The van der Waals surface area contributed by atoms with Gasteiger partial charge >= 0.3 is 0 Å². The molecule has 0 heterocycles. The molecule has 13 heavy (non-hydrogen) atoms. The van der Waals surface area contributed by atoms with Crippen LogP contribution in [0.5, 0.6) is 0 Å². The molecule has 0 aliphatic carbocycles. The number of nitrogens with two attached hydrogens (primary N) is 1. The van der Waals surface area contributed by atoms with Gasteiger partial charge in [0.05, 0.1) is 11.9 Å². The molecule has 4 heteroatoms. The van der Waals surface area contributed by atoms with E-state index in [9.17, 15) is 4.21 Å². The third kappa shape index (κ3) is 7.16. The van der Waals surface area contributed by atoms with Gasteiger partial charge in [-0.25, -0.2) is 0 Å². The van der Waals surface area contributed by atoms with Gasteiger partial charge in [-0.1, -0.05) is 13.3 Å². The fraction of sp³-hybridized carbons (Fsp3) is 1.00. The largest absolute Gasteiger partial charge is 0.376 e. The molecule has 0 rings (SSSR count). The highest BCUT2D eigenvalue weighted by atomic mass is 32.2. The Hall–Kier alpha value is 0.0700. The maximum Gasteiger partial charge on any atom is 0.0812 e. The van der Waals surface area contributed by atoms with Crippen LogP contribution < -0.4 is 5.73 Å². The molecule has 0 radical (unpaired) electrons. The van der Waals surface area contributed by atoms with E-state index < -0.39 is 10.8 Å². The van der Waals surface area contributed by atoms with Crippen molar-refractivity contribution in [3.05, 3.63) is 0 Å². The molecular formula is C9H21NO2S. The van der Waals surface area contributed by atoms with Crippen molar-refractivity contribution in [3.63, 3.8) is 0 Å². The second-order valence-electron chi connectivity index (χ2n) is 2.98. The average Bonchev–Trinajstić information content (AvgIpc) is 2.14. The minimum Gasteiger partial charge on any atom is -0.376 e. The van der Waals surface area contributed by atoms with E-state index in [1.165, 1.54) is 0 Å². The molecular weight excluding hydrogens is 186 g/mol. The molecule has 0 saturated carbocycles. The molecule has 0 saturated heterocycles. The second-order valence-corrected chi connectivity index (χ2v) is 4.60. The van der Waals surface area contributed by atoms with Crippen LogP contribution >= 0.6 is 0 Å². The first-order chi connectivity index (χ1) is 6.24. The van der Waals surface area contributed by atoms with Crippen molar-refractivity contribution in [2.45, 2.75) is 32.8 Å². The Morgan fingerprint density at radius 1 is 1.46 bits per heavy atom. The smallest absolute Gasteiger partial charge is 0.0812 e. The van der Waals surface area contributed by atoms with Gasteiger partial charge in [0.2, 0.25) is 0 Å². The fourth-order valence-electron chi connectivity index (χ4n) is 1.02. The first-order valence-electron chi connectivity index (χ1n) is 4.91. The zero-order chi connectivity index (χ0) is 10.1. The lowest BCUT2D eigenvalue weighted by Gasteiger charge is -2.13. The van der Waals surface area contributed by atoms with E-state index >= 15 is 0 Å². The fourth-order valence-corrected chi connectivity index (χ4v) is 2.44.